The molecule has 0 radical (unpaired) electrons. The fourth-order valence-corrected chi connectivity index (χ4v) is 4.51. The number of nitrogens with zero attached hydrogens (tertiary/aromatic N) is 2. The van der Waals surface area contributed by atoms with E-state index in [2.05, 4.69) is 14.7 Å². The van der Waals surface area contributed by atoms with Crippen molar-refractivity contribution < 1.29 is 8.42 Å². The van der Waals surface area contributed by atoms with Gasteiger partial charge in [0.25, 0.3) is 0 Å². The number of sulfonamides is 1. The smallest absolute Gasteiger partial charge is 0.242 e. The van der Waals surface area contributed by atoms with E-state index in [-0.39, 0.29) is 16.5 Å². The second-order valence-corrected chi connectivity index (χ2v) is 7.96. The minimum Gasteiger partial charge on any atom is -0.265 e. The number of thiazole rings is 1. The molecule has 1 N–H and O–H groups in total. The first-order chi connectivity index (χ1) is 11.6. The summed E-state index contributed by atoms with van der Waals surface area (Å²) in [5.41, 5.74) is 1.84. The Hall–Kier alpha value is -1.80. The van der Waals surface area contributed by atoms with E-state index in [4.69, 9.17) is 11.6 Å². The fourth-order valence-electron chi connectivity index (χ4n) is 2.10. The minimum atomic E-state index is -3.62. The van der Waals surface area contributed by atoms with Gasteiger partial charge in [0, 0.05) is 36.3 Å². The summed E-state index contributed by atoms with van der Waals surface area (Å²) in [6, 6.07) is 10.1. The number of benzene rings is 1. The normalized spacial score (nSPS) is 11.5. The lowest BCUT2D eigenvalue weighted by Gasteiger charge is -2.07. The predicted octanol–water partition coefficient (Wildman–Crippen LogP) is 3.38. The number of halogens is 1. The maximum absolute atomic E-state index is 12.2. The highest BCUT2D eigenvalue weighted by atomic mass is 35.5. The van der Waals surface area contributed by atoms with Crippen LogP contribution < -0.4 is 4.72 Å². The summed E-state index contributed by atoms with van der Waals surface area (Å²) < 4.78 is 27.1. The molecule has 0 bridgehead atoms. The predicted molar refractivity (Wildman–Crippen MR) is 95.7 cm³/mol. The van der Waals surface area contributed by atoms with E-state index >= 15 is 0 Å². The van der Waals surface area contributed by atoms with Crippen molar-refractivity contribution >= 4 is 33.0 Å². The fraction of sp³-hybridized carbons (Fsp3) is 0.125. The molecule has 3 rings (SSSR count). The molecule has 2 heterocycles. The lowest BCUT2D eigenvalue weighted by Crippen LogP contribution is -2.26. The molecule has 0 unspecified atom stereocenters. The van der Waals surface area contributed by atoms with Crippen molar-refractivity contribution in [2.24, 2.45) is 0 Å². The standard InChI is InChI=1S/C16H14ClN3O2S2/c17-14-3-1-2-4-15(14)24(21,22)19-10-7-13-11-23-16(20-13)12-5-8-18-9-6-12/h1-6,8-9,11,19H,7,10H2. The van der Waals surface area contributed by atoms with Crippen molar-refractivity contribution in [2.45, 2.75) is 11.3 Å². The molecule has 2 aromatic heterocycles. The van der Waals surface area contributed by atoms with Crippen LogP contribution in [0.3, 0.4) is 0 Å². The van der Waals surface area contributed by atoms with Crippen molar-refractivity contribution in [1.82, 2.24) is 14.7 Å². The van der Waals surface area contributed by atoms with Gasteiger partial charge in [0.1, 0.15) is 9.90 Å². The molecule has 0 saturated carbocycles. The third-order valence-corrected chi connectivity index (χ3v) is 6.18. The number of aromatic nitrogens is 2. The maximum Gasteiger partial charge on any atom is 0.242 e. The molecule has 0 aliphatic rings. The van der Waals surface area contributed by atoms with E-state index in [9.17, 15) is 8.42 Å². The molecule has 24 heavy (non-hydrogen) atoms. The summed E-state index contributed by atoms with van der Waals surface area (Å²) in [7, 11) is -3.62. The van der Waals surface area contributed by atoms with Crippen LogP contribution in [0.5, 0.6) is 0 Å². The average Bonchev–Trinajstić information content (AvgIpc) is 3.05. The second kappa shape index (κ2) is 7.40. The van der Waals surface area contributed by atoms with Gasteiger partial charge < -0.3 is 0 Å². The summed E-state index contributed by atoms with van der Waals surface area (Å²) in [4.78, 5) is 8.59. The van der Waals surface area contributed by atoms with Crippen LogP contribution in [0.4, 0.5) is 0 Å². The molecular weight excluding hydrogens is 366 g/mol. The Morgan fingerprint density at radius 2 is 1.88 bits per heavy atom. The molecule has 3 aromatic rings. The summed E-state index contributed by atoms with van der Waals surface area (Å²) in [5.74, 6) is 0. The molecule has 0 aliphatic carbocycles. The summed E-state index contributed by atoms with van der Waals surface area (Å²) in [5, 5.41) is 3.03. The highest BCUT2D eigenvalue weighted by Crippen LogP contribution is 2.23. The van der Waals surface area contributed by atoms with E-state index < -0.39 is 10.0 Å². The summed E-state index contributed by atoms with van der Waals surface area (Å²) in [6.45, 7) is 0.257. The van der Waals surface area contributed by atoms with Gasteiger partial charge in [-0.05, 0) is 24.3 Å². The Morgan fingerprint density at radius 1 is 1.12 bits per heavy atom. The third kappa shape index (κ3) is 3.99. The van der Waals surface area contributed by atoms with Gasteiger partial charge in [-0.3, -0.25) is 4.98 Å². The van der Waals surface area contributed by atoms with Gasteiger partial charge in [-0.15, -0.1) is 11.3 Å². The zero-order valence-corrected chi connectivity index (χ0v) is 14.9. The van der Waals surface area contributed by atoms with Crippen LogP contribution in [0.15, 0.2) is 59.1 Å². The van der Waals surface area contributed by atoms with Gasteiger partial charge >= 0.3 is 0 Å². The molecule has 8 heteroatoms. The largest absolute Gasteiger partial charge is 0.265 e. The first kappa shape index (κ1) is 17.0. The van der Waals surface area contributed by atoms with Crippen LogP contribution in [0, 0.1) is 0 Å². The van der Waals surface area contributed by atoms with E-state index in [0.29, 0.717) is 6.42 Å². The van der Waals surface area contributed by atoms with Gasteiger partial charge in [0.05, 0.1) is 10.7 Å². The van der Waals surface area contributed by atoms with Crippen molar-refractivity contribution in [1.29, 1.82) is 0 Å². The topological polar surface area (TPSA) is 72.0 Å². The molecule has 0 saturated heterocycles. The highest BCUT2D eigenvalue weighted by molar-refractivity contribution is 7.89. The first-order valence-electron chi connectivity index (χ1n) is 7.15. The molecule has 0 spiro atoms. The van der Waals surface area contributed by atoms with Gasteiger partial charge in [0.15, 0.2) is 0 Å². The molecule has 0 aliphatic heterocycles. The van der Waals surface area contributed by atoms with E-state index in [1.54, 1.807) is 30.6 Å². The van der Waals surface area contributed by atoms with Gasteiger partial charge in [-0.2, -0.15) is 0 Å². The van der Waals surface area contributed by atoms with Crippen molar-refractivity contribution in [3.05, 3.63) is 64.9 Å². The Morgan fingerprint density at radius 3 is 2.62 bits per heavy atom. The molecule has 0 atom stereocenters. The first-order valence-corrected chi connectivity index (χ1v) is 9.89. The molecule has 0 fully saturated rings. The maximum atomic E-state index is 12.2. The summed E-state index contributed by atoms with van der Waals surface area (Å²) >= 11 is 7.46. The van der Waals surface area contributed by atoms with Gasteiger partial charge in [0.2, 0.25) is 10.0 Å². The average molecular weight is 380 g/mol. The molecule has 124 valence electrons. The molecule has 1 aromatic carbocycles. The van der Waals surface area contributed by atoms with Gasteiger partial charge in [-0.1, -0.05) is 23.7 Å². The molecule has 5 nitrogen and oxygen atoms in total. The number of hydrogen-bond acceptors (Lipinski definition) is 5. The van der Waals surface area contributed by atoms with Crippen molar-refractivity contribution in [2.75, 3.05) is 6.54 Å². The number of nitrogens with one attached hydrogen (secondary N) is 1. The van der Waals surface area contributed by atoms with Crippen molar-refractivity contribution in [3.63, 3.8) is 0 Å². The minimum absolute atomic E-state index is 0.0856. The third-order valence-electron chi connectivity index (χ3n) is 3.28. The van der Waals surface area contributed by atoms with Gasteiger partial charge in [-0.25, -0.2) is 18.1 Å². The highest BCUT2D eigenvalue weighted by Gasteiger charge is 2.16. The molecule has 0 amide bonds. The van der Waals surface area contributed by atoms with E-state index in [1.807, 2.05) is 17.5 Å². The Balaban J connectivity index is 1.63. The lowest BCUT2D eigenvalue weighted by molar-refractivity contribution is 0.581. The second-order valence-electron chi connectivity index (χ2n) is 4.96. The van der Waals surface area contributed by atoms with Crippen LogP contribution in [0.25, 0.3) is 10.6 Å². The Labute approximate surface area is 149 Å². The Bertz CT molecular complexity index is 927. The summed E-state index contributed by atoms with van der Waals surface area (Å²) in [6.07, 6.45) is 3.94. The zero-order chi connectivity index (χ0) is 17.0. The van der Waals surface area contributed by atoms with Crippen LogP contribution in [0.2, 0.25) is 5.02 Å². The monoisotopic (exact) mass is 379 g/mol. The lowest BCUT2D eigenvalue weighted by atomic mass is 10.3. The van der Waals surface area contributed by atoms with Crippen LogP contribution in [-0.2, 0) is 16.4 Å². The number of hydrogen-bond donors (Lipinski definition) is 1. The van der Waals surface area contributed by atoms with Crippen molar-refractivity contribution in [3.8, 4) is 10.6 Å². The zero-order valence-electron chi connectivity index (χ0n) is 12.5. The number of rotatable bonds is 6. The van der Waals surface area contributed by atoms with Crippen LogP contribution in [-0.4, -0.2) is 24.9 Å². The van der Waals surface area contributed by atoms with E-state index in [1.165, 1.54) is 17.4 Å². The Kier molecular flexibility index (Phi) is 5.25. The van der Waals surface area contributed by atoms with Crippen LogP contribution >= 0.6 is 22.9 Å². The molecular formula is C16H14ClN3O2S2. The SMILES string of the molecule is O=S(=O)(NCCc1csc(-c2ccncc2)n1)c1ccccc1Cl. The van der Waals surface area contributed by atoms with E-state index in [0.717, 1.165) is 16.3 Å². The quantitative estimate of drug-likeness (QED) is 0.712. The number of pyridine rings is 1. The van der Waals surface area contributed by atoms with Crippen LogP contribution in [0.1, 0.15) is 5.69 Å².